The third-order valence-electron chi connectivity index (χ3n) is 8.29. The number of hydrogen-bond acceptors (Lipinski definition) is 4. The zero-order valence-electron chi connectivity index (χ0n) is 23.1. The lowest BCUT2D eigenvalue weighted by atomic mass is 10.0. The fraction of sp³-hybridized carbons (Fsp3) is 0. The quantitative estimate of drug-likeness (QED) is 0.211. The monoisotopic (exact) mass is 568 g/mol. The molecule has 4 heteroatoms. The summed E-state index contributed by atoms with van der Waals surface area (Å²) in [5, 5.41) is 5.92. The number of fused-ring (bicyclic) bond motifs is 7. The van der Waals surface area contributed by atoms with Crippen LogP contribution in [0.1, 0.15) is 0 Å². The number of para-hydroxylation sites is 1. The van der Waals surface area contributed by atoms with Gasteiger partial charge in [-0.25, -0.2) is 0 Å². The summed E-state index contributed by atoms with van der Waals surface area (Å²) in [5.41, 5.74) is 8.48. The number of anilines is 3. The summed E-state index contributed by atoms with van der Waals surface area (Å²) < 4.78 is 8.82. The minimum absolute atomic E-state index is 0.880. The fourth-order valence-corrected chi connectivity index (χ4v) is 7.46. The molecule has 9 aromatic rings. The summed E-state index contributed by atoms with van der Waals surface area (Å²) in [5.74, 6) is 0. The van der Waals surface area contributed by atoms with Crippen LogP contribution < -0.4 is 4.90 Å². The normalized spacial score (nSPS) is 11.7. The van der Waals surface area contributed by atoms with Gasteiger partial charge in [-0.05, 0) is 65.7 Å². The molecule has 0 aliphatic carbocycles. The molecule has 0 N–H and O–H groups in total. The standard InChI is InChI=1S/C39H24N2OS/c1-2-8-25(9-3-1)26-15-17-28(18-16-26)41(29-19-20-31-30-11-4-5-14-36(30)42-37(31)23-29)35-13-6-12-32-33-22-27-10-7-21-40-34(27)24-38(33)43-39(32)35/h1-24H. The van der Waals surface area contributed by atoms with Crippen molar-refractivity contribution in [1.82, 2.24) is 4.98 Å². The first-order valence-corrected chi connectivity index (χ1v) is 15.2. The summed E-state index contributed by atoms with van der Waals surface area (Å²) in [7, 11) is 0. The highest BCUT2D eigenvalue weighted by Crippen LogP contribution is 2.46. The first kappa shape index (κ1) is 24.2. The molecular weight excluding hydrogens is 545 g/mol. The van der Waals surface area contributed by atoms with Gasteiger partial charge in [-0.3, -0.25) is 4.98 Å². The molecule has 0 saturated heterocycles. The molecule has 3 heterocycles. The van der Waals surface area contributed by atoms with Gasteiger partial charge in [-0.15, -0.1) is 11.3 Å². The van der Waals surface area contributed by atoms with Crippen LogP contribution >= 0.6 is 11.3 Å². The molecule has 6 aromatic carbocycles. The van der Waals surface area contributed by atoms with E-state index in [1.54, 1.807) is 0 Å². The molecule has 9 rings (SSSR count). The summed E-state index contributed by atoms with van der Waals surface area (Å²) in [6.07, 6.45) is 1.86. The van der Waals surface area contributed by atoms with Crippen LogP contribution in [0.2, 0.25) is 0 Å². The predicted molar refractivity (Wildman–Crippen MR) is 182 cm³/mol. The summed E-state index contributed by atoms with van der Waals surface area (Å²) in [6, 6.07) is 49.5. The highest BCUT2D eigenvalue weighted by atomic mass is 32.1. The molecule has 0 amide bonds. The minimum atomic E-state index is 0.880. The van der Waals surface area contributed by atoms with E-state index in [1.807, 2.05) is 35.7 Å². The minimum Gasteiger partial charge on any atom is -0.456 e. The van der Waals surface area contributed by atoms with Crippen LogP contribution in [0.15, 0.2) is 150 Å². The Morgan fingerprint density at radius 1 is 0.535 bits per heavy atom. The smallest absolute Gasteiger partial charge is 0.137 e. The van der Waals surface area contributed by atoms with Gasteiger partial charge in [0, 0.05) is 55.3 Å². The van der Waals surface area contributed by atoms with E-state index in [4.69, 9.17) is 4.42 Å². The summed E-state index contributed by atoms with van der Waals surface area (Å²) in [4.78, 5) is 6.98. The second kappa shape index (κ2) is 9.55. The maximum absolute atomic E-state index is 6.34. The highest BCUT2D eigenvalue weighted by Gasteiger charge is 2.20. The first-order chi connectivity index (χ1) is 21.3. The van der Waals surface area contributed by atoms with E-state index in [-0.39, 0.29) is 0 Å². The second-order valence-electron chi connectivity index (χ2n) is 10.8. The lowest BCUT2D eigenvalue weighted by Crippen LogP contribution is -2.10. The van der Waals surface area contributed by atoms with Gasteiger partial charge in [0.2, 0.25) is 0 Å². The van der Waals surface area contributed by atoms with E-state index >= 15 is 0 Å². The average Bonchev–Trinajstić information content (AvgIpc) is 3.62. The zero-order chi connectivity index (χ0) is 28.3. The Morgan fingerprint density at radius 2 is 1.30 bits per heavy atom. The number of thiophene rings is 1. The summed E-state index contributed by atoms with van der Waals surface area (Å²) in [6.45, 7) is 0. The van der Waals surface area contributed by atoms with Gasteiger partial charge in [0.25, 0.3) is 0 Å². The van der Waals surface area contributed by atoms with E-state index < -0.39 is 0 Å². The molecule has 0 unspecified atom stereocenters. The number of furan rings is 1. The van der Waals surface area contributed by atoms with Crippen LogP contribution in [0.3, 0.4) is 0 Å². The molecule has 0 atom stereocenters. The van der Waals surface area contributed by atoms with Gasteiger partial charge in [0.15, 0.2) is 0 Å². The van der Waals surface area contributed by atoms with Crippen LogP contribution in [0.25, 0.3) is 64.1 Å². The number of aromatic nitrogens is 1. The lowest BCUT2D eigenvalue weighted by Gasteiger charge is -2.26. The van der Waals surface area contributed by atoms with Gasteiger partial charge in [0.1, 0.15) is 11.2 Å². The largest absolute Gasteiger partial charge is 0.456 e. The molecule has 0 radical (unpaired) electrons. The van der Waals surface area contributed by atoms with Crippen molar-refractivity contribution in [3.63, 3.8) is 0 Å². The number of benzene rings is 6. The van der Waals surface area contributed by atoms with Gasteiger partial charge in [0.05, 0.1) is 15.9 Å². The van der Waals surface area contributed by atoms with Gasteiger partial charge in [-0.2, -0.15) is 0 Å². The van der Waals surface area contributed by atoms with Crippen molar-refractivity contribution in [3.8, 4) is 11.1 Å². The van der Waals surface area contributed by atoms with Crippen molar-refractivity contribution in [2.24, 2.45) is 0 Å². The van der Waals surface area contributed by atoms with Crippen LogP contribution in [-0.4, -0.2) is 4.98 Å². The number of nitrogens with zero attached hydrogens (tertiary/aromatic N) is 2. The van der Waals surface area contributed by atoms with Crippen molar-refractivity contribution in [2.75, 3.05) is 4.90 Å². The van der Waals surface area contributed by atoms with Crippen molar-refractivity contribution in [3.05, 3.63) is 146 Å². The van der Waals surface area contributed by atoms with Crippen molar-refractivity contribution < 1.29 is 4.42 Å². The van der Waals surface area contributed by atoms with Crippen molar-refractivity contribution in [1.29, 1.82) is 0 Å². The molecule has 0 bridgehead atoms. The van der Waals surface area contributed by atoms with E-state index in [9.17, 15) is 0 Å². The third-order valence-corrected chi connectivity index (χ3v) is 9.49. The predicted octanol–water partition coefficient (Wildman–Crippen LogP) is 11.6. The molecule has 3 aromatic heterocycles. The molecule has 0 spiro atoms. The zero-order valence-corrected chi connectivity index (χ0v) is 23.9. The first-order valence-electron chi connectivity index (χ1n) is 14.4. The molecule has 202 valence electrons. The Kier molecular flexibility index (Phi) is 5.37. The number of pyridine rings is 1. The van der Waals surface area contributed by atoms with Gasteiger partial charge >= 0.3 is 0 Å². The highest BCUT2D eigenvalue weighted by molar-refractivity contribution is 7.26. The molecule has 3 nitrogen and oxygen atoms in total. The third kappa shape index (κ3) is 3.92. The van der Waals surface area contributed by atoms with Crippen LogP contribution in [0, 0.1) is 0 Å². The average molecular weight is 569 g/mol. The molecule has 0 saturated carbocycles. The Balaban J connectivity index is 1.28. The Morgan fingerprint density at radius 3 is 2.21 bits per heavy atom. The van der Waals surface area contributed by atoms with E-state index in [1.165, 1.54) is 31.3 Å². The van der Waals surface area contributed by atoms with Gasteiger partial charge < -0.3 is 9.32 Å². The Bertz CT molecular complexity index is 2460. The van der Waals surface area contributed by atoms with Crippen LogP contribution in [-0.2, 0) is 0 Å². The van der Waals surface area contributed by atoms with Gasteiger partial charge in [-0.1, -0.05) is 78.9 Å². The number of hydrogen-bond donors (Lipinski definition) is 0. The van der Waals surface area contributed by atoms with Crippen LogP contribution in [0.5, 0.6) is 0 Å². The Labute approximate surface area is 251 Å². The topological polar surface area (TPSA) is 29.3 Å². The Hall–Kier alpha value is -5.45. The lowest BCUT2D eigenvalue weighted by molar-refractivity contribution is 0.669. The maximum Gasteiger partial charge on any atom is 0.137 e. The molecular formula is C39H24N2OS. The van der Waals surface area contributed by atoms with Crippen molar-refractivity contribution >= 4 is 81.4 Å². The van der Waals surface area contributed by atoms with Crippen molar-refractivity contribution in [2.45, 2.75) is 0 Å². The summed E-state index contributed by atoms with van der Waals surface area (Å²) >= 11 is 1.82. The molecule has 0 fully saturated rings. The maximum atomic E-state index is 6.34. The molecule has 0 aliphatic rings. The van der Waals surface area contributed by atoms with E-state index in [0.717, 1.165) is 49.9 Å². The van der Waals surface area contributed by atoms with E-state index in [0.29, 0.717) is 0 Å². The van der Waals surface area contributed by atoms with Crippen LogP contribution in [0.4, 0.5) is 17.1 Å². The SMILES string of the molecule is c1ccc(-c2ccc(N(c3ccc4c(c3)oc3ccccc34)c3cccc4c3sc3cc5ncccc5cc34)cc2)cc1. The second-order valence-corrected chi connectivity index (χ2v) is 11.9. The fourth-order valence-electron chi connectivity index (χ4n) is 6.24. The molecule has 43 heavy (non-hydrogen) atoms. The molecule has 0 aliphatic heterocycles. The number of rotatable bonds is 4. The van der Waals surface area contributed by atoms with E-state index in [2.05, 4.69) is 131 Å².